The number of anilines is 1. The van der Waals surface area contributed by atoms with Crippen molar-refractivity contribution < 1.29 is 35.9 Å². The second-order valence-electron chi connectivity index (χ2n) is 12.1. The predicted molar refractivity (Wildman–Crippen MR) is 157 cm³/mol. The van der Waals surface area contributed by atoms with Crippen molar-refractivity contribution in [2.75, 3.05) is 32.1 Å². The molecule has 2 aliphatic rings. The van der Waals surface area contributed by atoms with Crippen LogP contribution in [0.4, 0.5) is 37.7 Å². The Morgan fingerprint density at radius 3 is 2.18 bits per heavy atom. The van der Waals surface area contributed by atoms with E-state index in [9.17, 15) is 31.1 Å². The molecule has 1 unspecified atom stereocenters. The largest absolute Gasteiger partial charge is 0.469 e. The van der Waals surface area contributed by atoms with Crippen molar-refractivity contribution in [3.8, 4) is 0 Å². The maximum atomic E-state index is 13.5. The molecule has 0 bridgehead atoms. The fourth-order valence-electron chi connectivity index (χ4n) is 6.55. The van der Waals surface area contributed by atoms with Gasteiger partial charge in [-0.3, -0.25) is 4.79 Å². The maximum Gasteiger partial charge on any atom is 0.416 e. The molecule has 0 aromatic heterocycles. The lowest BCUT2D eigenvalue weighted by molar-refractivity contribution is -0.147. The number of hydrazine groups is 1. The summed E-state index contributed by atoms with van der Waals surface area (Å²) in [7, 11) is 2.92. The van der Waals surface area contributed by atoms with E-state index in [1.54, 1.807) is 0 Å². The molecule has 45 heavy (non-hydrogen) atoms. The smallest absolute Gasteiger partial charge is 0.416 e. The molecule has 14 heteroatoms. The lowest BCUT2D eigenvalue weighted by Gasteiger charge is -2.35. The van der Waals surface area contributed by atoms with Crippen LogP contribution in [0.2, 0.25) is 0 Å². The molecule has 2 aromatic carbocycles. The third kappa shape index (κ3) is 8.46. The van der Waals surface area contributed by atoms with Crippen molar-refractivity contribution in [3.05, 3.63) is 57.6 Å². The highest BCUT2D eigenvalue weighted by Gasteiger charge is 2.37. The van der Waals surface area contributed by atoms with E-state index < -0.39 is 29.5 Å². The molecule has 8 nitrogen and oxygen atoms in total. The van der Waals surface area contributed by atoms with E-state index in [0.717, 1.165) is 71.9 Å². The Hall–Kier alpha value is -3.39. The molecular formula is C31H40F6N6O2. The lowest BCUT2D eigenvalue weighted by Crippen LogP contribution is -2.34. The number of nitrogens with one attached hydrogen (secondary N) is 1. The van der Waals surface area contributed by atoms with Crippen LogP contribution in [-0.4, -0.2) is 38.3 Å². The van der Waals surface area contributed by atoms with Gasteiger partial charge in [0.05, 0.1) is 29.8 Å². The minimum atomic E-state index is -4.93. The fraction of sp³-hybridized carbons (Fsp3) is 0.581. The molecule has 0 amide bonds. The van der Waals surface area contributed by atoms with Gasteiger partial charge in [-0.15, -0.1) is 5.11 Å². The fourth-order valence-corrected chi connectivity index (χ4v) is 6.55. The number of fused-ring (bicyclic) bond motifs is 1. The molecule has 1 aliphatic heterocycles. The Morgan fingerprint density at radius 2 is 1.62 bits per heavy atom. The van der Waals surface area contributed by atoms with Crippen LogP contribution in [0.5, 0.6) is 0 Å². The number of hydrogen-bond donors (Lipinski definition) is 2. The van der Waals surface area contributed by atoms with Gasteiger partial charge in [0.15, 0.2) is 0 Å². The summed E-state index contributed by atoms with van der Waals surface area (Å²) < 4.78 is 86.1. The number of hydrogen-bond acceptors (Lipinski definition) is 7. The van der Waals surface area contributed by atoms with Crippen LogP contribution < -0.4 is 16.1 Å². The number of aryl methyl sites for hydroxylation is 2. The number of halogens is 6. The van der Waals surface area contributed by atoms with Crippen molar-refractivity contribution in [3.63, 3.8) is 0 Å². The summed E-state index contributed by atoms with van der Waals surface area (Å²) in [5, 5.41) is 12.8. The first-order valence-corrected chi connectivity index (χ1v) is 15.0. The van der Waals surface area contributed by atoms with Gasteiger partial charge in [0.2, 0.25) is 0 Å². The van der Waals surface area contributed by atoms with Crippen LogP contribution in [0.3, 0.4) is 0 Å². The number of rotatable bonds is 8. The van der Waals surface area contributed by atoms with Gasteiger partial charge >= 0.3 is 18.3 Å². The number of nitrogens with zero attached hydrogens (tertiary/aromatic N) is 4. The Labute approximate surface area is 258 Å². The molecule has 4 rings (SSSR count). The van der Waals surface area contributed by atoms with Gasteiger partial charge in [-0.1, -0.05) is 11.3 Å². The van der Waals surface area contributed by atoms with Crippen LogP contribution >= 0.6 is 0 Å². The zero-order chi connectivity index (χ0) is 33.1. The molecule has 2 aromatic rings. The van der Waals surface area contributed by atoms with Crippen LogP contribution in [0.1, 0.15) is 77.9 Å². The molecule has 0 saturated heterocycles. The number of carbonyl (C=O) groups is 1. The highest BCUT2D eigenvalue weighted by Crippen LogP contribution is 2.45. The van der Waals surface area contributed by atoms with E-state index >= 15 is 0 Å². The molecular weight excluding hydrogens is 602 g/mol. The molecule has 3 N–H and O–H groups in total. The first kappa shape index (κ1) is 34.5. The third-order valence-electron chi connectivity index (χ3n) is 8.62. The summed E-state index contributed by atoms with van der Waals surface area (Å²) >= 11 is 0. The van der Waals surface area contributed by atoms with Crippen molar-refractivity contribution in [1.29, 1.82) is 0 Å². The summed E-state index contributed by atoms with van der Waals surface area (Å²) in [4.78, 5) is 14.3. The van der Waals surface area contributed by atoms with E-state index in [1.807, 2.05) is 19.9 Å². The summed E-state index contributed by atoms with van der Waals surface area (Å²) in [6.45, 7) is 5.05. The molecule has 1 atom stereocenters. The lowest BCUT2D eigenvalue weighted by atomic mass is 9.81. The number of methoxy groups -OCH3 is 1. The van der Waals surface area contributed by atoms with E-state index in [0.29, 0.717) is 31.0 Å². The highest BCUT2D eigenvalue weighted by molar-refractivity contribution is 5.73. The van der Waals surface area contributed by atoms with Crippen molar-refractivity contribution in [2.45, 2.75) is 77.3 Å². The molecule has 0 spiro atoms. The van der Waals surface area contributed by atoms with E-state index in [4.69, 9.17) is 10.6 Å². The Balaban J connectivity index is 1.70. The zero-order valence-corrected chi connectivity index (χ0v) is 25.9. The first-order chi connectivity index (χ1) is 21.1. The normalized spacial score (nSPS) is 21.0. The van der Waals surface area contributed by atoms with Crippen LogP contribution in [-0.2, 0) is 28.4 Å². The van der Waals surface area contributed by atoms with Gasteiger partial charge < -0.3 is 15.0 Å². The molecule has 1 aliphatic carbocycles. The summed E-state index contributed by atoms with van der Waals surface area (Å²) in [5.41, 5.74) is 1.19. The second-order valence-corrected chi connectivity index (χ2v) is 12.1. The predicted octanol–water partition coefficient (Wildman–Crippen LogP) is 7.56. The number of alkyl halides is 6. The summed E-state index contributed by atoms with van der Waals surface area (Å²) in [6.07, 6.45) is -5.38. The average Bonchev–Trinajstić information content (AvgIpc) is 3.14. The second kappa shape index (κ2) is 13.9. The summed E-state index contributed by atoms with van der Waals surface area (Å²) in [5.74, 6) is 5.76. The minimum absolute atomic E-state index is 0.102. The van der Waals surface area contributed by atoms with Gasteiger partial charge in [-0.25, -0.2) is 11.0 Å². The topological polar surface area (TPSA) is 95.5 Å². The average molecular weight is 643 g/mol. The van der Waals surface area contributed by atoms with Crippen LogP contribution in [0.25, 0.3) is 0 Å². The van der Waals surface area contributed by atoms with Crippen molar-refractivity contribution >= 4 is 17.3 Å². The van der Waals surface area contributed by atoms with E-state index in [-0.39, 0.29) is 30.1 Å². The number of nitrogens with two attached hydrogens (primary N) is 1. The Bertz CT molecular complexity index is 1350. The molecule has 1 fully saturated rings. The summed E-state index contributed by atoms with van der Waals surface area (Å²) in [6, 6.07) is 3.19. The number of esters is 1. The first-order valence-electron chi connectivity index (χ1n) is 15.0. The Kier molecular flexibility index (Phi) is 10.7. The van der Waals surface area contributed by atoms with Crippen LogP contribution in [0, 0.1) is 25.7 Å². The van der Waals surface area contributed by atoms with Gasteiger partial charge in [0.1, 0.15) is 0 Å². The Morgan fingerprint density at radius 1 is 1.00 bits per heavy atom. The van der Waals surface area contributed by atoms with Crippen molar-refractivity contribution in [1.82, 2.24) is 10.4 Å². The van der Waals surface area contributed by atoms with Crippen molar-refractivity contribution in [2.24, 2.45) is 28.0 Å². The maximum absolute atomic E-state index is 13.5. The standard InChI is InChI=1S/C31H40F6N6O2/c1-18-12-19(2)28-26(27(18)40-41-42(3)38)25(6-5-11-43(28)17-20-7-9-22(10-8-20)29(44)45-4)39-16-21-13-23(30(32,33)34)15-24(14-21)31(35,36)37/h12-15,20,22,25,39H,5-11,16-17,38H2,1-4H3. The SMILES string of the molecule is COC(=O)C1CCC(CN2CCCC(NCc3cc(C(F)(F)F)cc(C(F)(F)F)c3)c3c(N=NN(C)N)c(C)cc(C)c32)CC1. The van der Waals surface area contributed by atoms with Crippen LogP contribution in [0.15, 0.2) is 34.6 Å². The monoisotopic (exact) mass is 642 g/mol. The zero-order valence-electron chi connectivity index (χ0n) is 25.9. The van der Waals surface area contributed by atoms with E-state index in [1.165, 1.54) is 14.2 Å². The molecule has 1 heterocycles. The molecule has 1 saturated carbocycles. The van der Waals surface area contributed by atoms with Gasteiger partial charge in [0.25, 0.3) is 0 Å². The molecule has 0 radical (unpaired) electrons. The number of ether oxygens (including phenoxy) is 1. The van der Waals surface area contributed by atoms with Gasteiger partial charge in [-0.2, -0.15) is 26.3 Å². The quantitative estimate of drug-likeness (QED) is 0.102. The number of benzene rings is 2. The number of carbonyl (C=O) groups excluding carboxylic acids is 1. The minimum Gasteiger partial charge on any atom is -0.469 e. The van der Waals surface area contributed by atoms with Gasteiger partial charge in [-0.05, 0) is 93.2 Å². The van der Waals surface area contributed by atoms with E-state index in [2.05, 4.69) is 20.6 Å². The molecule has 248 valence electrons. The third-order valence-corrected chi connectivity index (χ3v) is 8.62. The highest BCUT2D eigenvalue weighted by atomic mass is 19.4. The van der Waals surface area contributed by atoms with Gasteiger partial charge in [0, 0.05) is 44.0 Å².